The van der Waals surface area contributed by atoms with Gasteiger partial charge in [0.1, 0.15) is 0 Å². The van der Waals surface area contributed by atoms with Crippen molar-refractivity contribution in [1.82, 2.24) is 4.90 Å². The van der Waals surface area contributed by atoms with E-state index in [0.717, 1.165) is 5.56 Å². The summed E-state index contributed by atoms with van der Waals surface area (Å²) in [6.45, 7) is 1.97. The smallest absolute Gasteiger partial charge is 0.261 e. The molecule has 0 saturated heterocycles. The molecule has 0 fully saturated rings. The van der Waals surface area contributed by atoms with E-state index in [1.54, 1.807) is 54.4 Å². The Morgan fingerprint density at radius 1 is 0.857 bits per heavy atom. The van der Waals surface area contributed by atoms with Crippen LogP contribution in [0, 0.1) is 0 Å². The van der Waals surface area contributed by atoms with Crippen LogP contribution in [0.15, 0.2) is 89.8 Å². The van der Waals surface area contributed by atoms with E-state index in [4.69, 9.17) is 0 Å². The number of sulfonamides is 1. The SMILES string of the molecule is CC(c1ccccc1)N(C)C(=O)c1ccc(NS(=O)(=O)c2ccccc2)cc1. The third-order valence-corrected chi connectivity index (χ3v) is 6.02. The minimum absolute atomic E-state index is 0.0787. The van der Waals surface area contributed by atoms with Crippen molar-refractivity contribution in [2.24, 2.45) is 0 Å². The average molecular weight is 394 g/mol. The fourth-order valence-electron chi connectivity index (χ4n) is 2.83. The molecule has 5 nitrogen and oxygen atoms in total. The largest absolute Gasteiger partial charge is 0.335 e. The van der Waals surface area contributed by atoms with Gasteiger partial charge in [-0.3, -0.25) is 9.52 Å². The quantitative estimate of drug-likeness (QED) is 0.677. The predicted molar refractivity (Wildman–Crippen MR) is 111 cm³/mol. The van der Waals surface area contributed by atoms with Crippen LogP contribution in [0.1, 0.15) is 28.9 Å². The molecule has 0 spiro atoms. The Bertz CT molecular complexity index is 1030. The zero-order chi connectivity index (χ0) is 20.1. The normalized spacial score (nSPS) is 12.2. The van der Waals surface area contributed by atoms with Gasteiger partial charge in [0.25, 0.3) is 15.9 Å². The molecule has 3 rings (SSSR count). The van der Waals surface area contributed by atoms with E-state index >= 15 is 0 Å². The summed E-state index contributed by atoms with van der Waals surface area (Å²) in [5.74, 6) is -0.131. The lowest BCUT2D eigenvalue weighted by molar-refractivity contribution is 0.0742. The first-order chi connectivity index (χ1) is 13.4. The predicted octanol–water partition coefficient (Wildman–Crippen LogP) is 4.32. The molecule has 0 aliphatic rings. The van der Waals surface area contributed by atoms with Crippen LogP contribution in [-0.2, 0) is 10.0 Å². The first kappa shape index (κ1) is 19.6. The highest BCUT2D eigenvalue weighted by Gasteiger charge is 2.19. The van der Waals surface area contributed by atoms with Crippen LogP contribution in [0.4, 0.5) is 5.69 Å². The van der Waals surface area contributed by atoms with E-state index < -0.39 is 10.0 Å². The molecule has 0 aliphatic carbocycles. The first-order valence-corrected chi connectivity index (χ1v) is 10.4. The van der Waals surface area contributed by atoms with Gasteiger partial charge in [-0.05, 0) is 48.9 Å². The number of hydrogen-bond acceptors (Lipinski definition) is 3. The number of nitrogens with zero attached hydrogens (tertiary/aromatic N) is 1. The number of amides is 1. The molecule has 1 unspecified atom stereocenters. The van der Waals surface area contributed by atoms with Crippen LogP contribution in [0.5, 0.6) is 0 Å². The van der Waals surface area contributed by atoms with Gasteiger partial charge in [-0.25, -0.2) is 8.42 Å². The molecule has 0 saturated carbocycles. The highest BCUT2D eigenvalue weighted by atomic mass is 32.2. The van der Waals surface area contributed by atoms with Crippen molar-refractivity contribution in [2.75, 3.05) is 11.8 Å². The van der Waals surface area contributed by atoms with Crippen molar-refractivity contribution >= 4 is 21.6 Å². The Kier molecular flexibility index (Phi) is 5.80. The van der Waals surface area contributed by atoms with Crippen LogP contribution >= 0.6 is 0 Å². The topological polar surface area (TPSA) is 66.5 Å². The summed E-state index contributed by atoms with van der Waals surface area (Å²) < 4.78 is 27.3. The van der Waals surface area contributed by atoms with Crippen molar-refractivity contribution in [1.29, 1.82) is 0 Å². The Labute approximate surface area is 165 Å². The Morgan fingerprint density at radius 3 is 1.96 bits per heavy atom. The molecule has 3 aromatic carbocycles. The van der Waals surface area contributed by atoms with Crippen LogP contribution in [0.3, 0.4) is 0 Å². The molecule has 0 bridgehead atoms. The zero-order valence-electron chi connectivity index (χ0n) is 15.7. The van der Waals surface area contributed by atoms with E-state index in [0.29, 0.717) is 11.3 Å². The molecule has 0 aromatic heterocycles. The molecule has 1 atom stereocenters. The molecule has 0 radical (unpaired) electrons. The van der Waals surface area contributed by atoms with Crippen LogP contribution in [0.25, 0.3) is 0 Å². The summed E-state index contributed by atoms with van der Waals surface area (Å²) in [5.41, 5.74) is 1.94. The molecular weight excluding hydrogens is 372 g/mol. The Morgan fingerprint density at radius 2 is 1.39 bits per heavy atom. The number of anilines is 1. The minimum Gasteiger partial charge on any atom is -0.335 e. The molecule has 0 aliphatic heterocycles. The van der Waals surface area contributed by atoms with Crippen molar-refractivity contribution in [2.45, 2.75) is 17.9 Å². The molecule has 6 heteroatoms. The molecule has 1 N–H and O–H groups in total. The summed E-state index contributed by atoms with van der Waals surface area (Å²) in [7, 11) is -1.90. The lowest BCUT2D eigenvalue weighted by atomic mass is 10.1. The van der Waals surface area contributed by atoms with Gasteiger partial charge in [0.05, 0.1) is 10.9 Å². The summed E-state index contributed by atoms with van der Waals surface area (Å²) >= 11 is 0. The molecule has 0 heterocycles. The highest BCUT2D eigenvalue weighted by molar-refractivity contribution is 7.92. The van der Waals surface area contributed by atoms with E-state index in [9.17, 15) is 13.2 Å². The van der Waals surface area contributed by atoms with Crippen LogP contribution in [-0.4, -0.2) is 26.3 Å². The number of rotatable bonds is 6. The maximum atomic E-state index is 12.8. The Balaban J connectivity index is 1.72. The van der Waals surface area contributed by atoms with Crippen LogP contribution in [0.2, 0.25) is 0 Å². The van der Waals surface area contributed by atoms with Crippen molar-refractivity contribution < 1.29 is 13.2 Å². The molecule has 1 amide bonds. The second-order valence-electron chi connectivity index (χ2n) is 6.50. The average Bonchev–Trinajstić information content (AvgIpc) is 2.74. The van der Waals surface area contributed by atoms with Gasteiger partial charge in [-0.15, -0.1) is 0 Å². The van der Waals surface area contributed by atoms with Gasteiger partial charge in [-0.1, -0.05) is 48.5 Å². The zero-order valence-corrected chi connectivity index (χ0v) is 16.6. The number of benzene rings is 3. The van der Waals surface area contributed by atoms with Gasteiger partial charge >= 0.3 is 0 Å². The summed E-state index contributed by atoms with van der Waals surface area (Å²) in [6.07, 6.45) is 0. The van der Waals surface area contributed by atoms with Gasteiger partial charge in [-0.2, -0.15) is 0 Å². The second-order valence-corrected chi connectivity index (χ2v) is 8.18. The van der Waals surface area contributed by atoms with Crippen molar-refractivity contribution in [3.05, 3.63) is 96.1 Å². The number of hydrogen-bond donors (Lipinski definition) is 1. The minimum atomic E-state index is -3.66. The van der Waals surface area contributed by atoms with Crippen molar-refractivity contribution in [3.63, 3.8) is 0 Å². The van der Waals surface area contributed by atoms with Crippen LogP contribution < -0.4 is 4.72 Å². The van der Waals surface area contributed by atoms with Gasteiger partial charge < -0.3 is 4.90 Å². The molecule has 144 valence electrons. The Hall–Kier alpha value is -3.12. The number of nitrogens with one attached hydrogen (secondary N) is 1. The van der Waals surface area contributed by atoms with E-state index in [1.807, 2.05) is 37.3 Å². The lowest BCUT2D eigenvalue weighted by Crippen LogP contribution is -2.29. The maximum Gasteiger partial charge on any atom is 0.261 e. The molecule has 28 heavy (non-hydrogen) atoms. The highest BCUT2D eigenvalue weighted by Crippen LogP contribution is 2.22. The fourth-order valence-corrected chi connectivity index (χ4v) is 3.91. The maximum absolute atomic E-state index is 12.8. The first-order valence-electron chi connectivity index (χ1n) is 8.88. The number of carbonyl (C=O) groups is 1. The van der Waals surface area contributed by atoms with E-state index in [1.165, 1.54) is 12.1 Å². The van der Waals surface area contributed by atoms with Gasteiger partial charge in [0.2, 0.25) is 0 Å². The van der Waals surface area contributed by atoms with E-state index in [-0.39, 0.29) is 16.8 Å². The van der Waals surface area contributed by atoms with E-state index in [2.05, 4.69) is 4.72 Å². The summed E-state index contributed by atoms with van der Waals surface area (Å²) in [5, 5.41) is 0. The lowest BCUT2D eigenvalue weighted by Gasteiger charge is -2.25. The standard InChI is InChI=1S/C22H22N2O3S/c1-17(18-9-5-3-6-10-18)24(2)22(25)19-13-15-20(16-14-19)23-28(26,27)21-11-7-4-8-12-21/h3-17,23H,1-2H3. The second kappa shape index (κ2) is 8.27. The van der Waals surface area contributed by atoms with Gasteiger partial charge in [0.15, 0.2) is 0 Å². The fraction of sp³-hybridized carbons (Fsp3) is 0.136. The molecule has 3 aromatic rings. The summed E-state index contributed by atoms with van der Waals surface area (Å²) in [6, 6.07) is 24.3. The molecular formula is C22H22N2O3S. The van der Waals surface area contributed by atoms with Crippen molar-refractivity contribution in [3.8, 4) is 0 Å². The van der Waals surface area contributed by atoms with Gasteiger partial charge in [0, 0.05) is 18.3 Å². The number of carbonyl (C=O) groups excluding carboxylic acids is 1. The third kappa shape index (κ3) is 4.40. The summed E-state index contributed by atoms with van der Waals surface area (Å²) in [4.78, 5) is 14.6. The monoisotopic (exact) mass is 394 g/mol. The third-order valence-electron chi connectivity index (χ3n) is 4.62.